The Morgan fingerprint density at radius 3 is 2.52 bits per heavy atom. The number of carbonyl (C=O) groups is 1. The van der Waals surface area contributed by atoms with E-state index in [2.05, 4.69) is 0 Å². The van der Waals surface area contributed by atoms with Gasteiger partial charge in [0.15, 0.2) is 0 Å². The summed E-state index contributed by atoms with van der Waals surface area (Å²) in [7, 11) is 0. The molecule has 0 atom stereocenters. The van der Waals surface area contributed by atoms with E-state index in [0.29, 0.717) is 13.2 Å². The lowest BCUT2D eigenvalue weighted by Gasteiger charge is -2.10. The number of hydrogen-bond acceptors (Lipinski definition) is 4. The minimum absolute atomic E-state index is 0.0101. The van der Waals surface area contributed by atoms with Crippen molar-refractivity contribution in [3.63, 3.8) is 0 Å². The van der Waals surface area contributed by atoms with Crippen LogP contribution >= 0.6 is 0 Å². The van der Waals surface area contributed by atoms with Crippen LogP contribution in [0.1, 0.15) is 15.9 Å². The van der Waals surface area contributed by atoms with E-state index in [1.54, 1.807) is 0 Å². The number of carboxylic acids is 1. The number of ether oxygens (including phenoxy) is 2. The Morgan fingerprint density at radius 2 is 1.81 bits per heavy atom. The van der Waals surface area contributed by atoms with Crippen molar-refractivity contribution in [1.29, 1.82) is 0 Å². The predicted molar refractivity (Wildman–Crippen MR) is 76.7 cm³/mol. The fraction of sp³-hybridized carbons (Fsp3) is 0.188. The molecule has 2 rings (SSSR count). The van der Waals surface area contributed by atoms with Gasteiger partial charge in [-0.2, -0.15) is 0 Å². The smallest absolute Gasteiger partial charge is 0.339 e. The van der Waals surface area contributed by atoms with E-state index >= 15 is 0 Å². The molecule has 0 heterocycles. The molecule has 0 spiro atoms. The van der Waals surface area contributed by atoms with Crippen molar-refractivity contribution in [1.82, 2.24) is 0 Å². The molecule has 110 valence electrons. The van der Waals surface area contributed by atoms with Gasteiger partial charge in [-0.05, 0) is 17.7 Å². The number of carboxylic acid groups (broad SMARTS) is 1. The van der Waals surface area contributed by atoms with E-state index in [0.717, 1.165) is 5.56 Å². The second-order valence-corrected chi connectivity index (χ2v) is 4.37. The number of aromatic hydroxyl groups is 1. The van der Waals surface area contributed by atoms with E-state index in [1.165, 1.54) is 18.2 Å². The zero-order valence-electron chi connectivity index (χ0n) is 11.4. The van der Waals surface area contributed by atoms with Crippen LogP contribution in [-0.2, 0) is 11.3 Å². The first-order chi connectivity index (χ1) is 10.2. The van der Waals surface area contributed by atoms with Crippen LogP contribution in [0.4, 0.5) is 0 Å². The van der Waals surface area contributed by atoms with Gasteiger partial charge in [-0.3, -0.25) is 0 Å². The van der Waals surface area contributed by atoms with E-state index < -0.39 is 5.97 Å². The zero-order valence-corrected chi connectivity index (χ0v) is 11.4. The van der Waals surface area contributed by atoms with Gasteiger partial charge in [0.25, 0.3) is 0 Å². The predicted octanol–water partition coefficient (Wildman–Crippen LogP) is 2.69. The second-order valence-electron chi connectivity index (χ2n) is 4.37. The molecule has 0 unspecified atom stereocenters. The molecule has 0 aliphatic rings. The SMILES string of the molecule is O=C(O)c1ccc(O)cc1OCCOCc1ccccc1. The molecular weight excluding hydrogens is 272 g/mol. The van der Waals surface area contributed by atoms with Gasteiger partial charge in [0.05, 0.1) is 13.2 Å². The van der Waals surface area contributed by atoms with Crippen molar-refractivity contribution < 1.29 is 24.5 Å². The Bertz CT molecular complexity index is 595. The summed E-state index contributed by atoms with van der Waals surface area (Å²) in [5, 5.41) is 18.4. The molecule has 0 saturated heterocycles. The fourth-order valence-corrected chi connectivity index (χ4v) is 1.78. The first kappa shape index (κ1) is 14.9. The standard InChI is InChI=1S/C16H16O5/c17-13-6-7-14(16(18)19)15(10-13)21-9-8-20-11-12-4-2-1-3-5-12/h1-7,10,17H,8-9,11H2,(H,18,19). The van der Waals surface area contributed by atoms with Gasteiger partial charge in [0.2, 0.25) is 0 Å². The molecule has 0 aliphatic carbocycles. The molecule has 0 amide bonds. The van der Waals surface area contributed by atoms with E-state index in [9.17, 15) is 9.90 Å². The maximum absolute atomic E-state index is 11.0. The summed E-state index contributed by atoms with van der Waals surface area (Å²) in [6.45, 7) is 0.996. The Balaban J connectivity index is 1.81. The van der Waals surface area contributed by atoms with Gasteiger partial charge in [-0.15, -0.1) is 0 Å². The number of hydrogen-bond donors (Lipinski definition) is 2. The second kappa shape index (κ2) is 7.31. The monoisotopic (exact) mass is 288 g/mol. The van der Waals surface area contributed by atoms with Crippen LogP contribution in [0.25, 0.3) is 0 Å². The molecule has 21 heavy (non-hydrogen) atoms. The van der Waals surface area contributed by atoms with Crippen LogP contribution in [0.15, 0.2) is 48.5 Å². The summed E-state index contributed by atoms with van der Waals surface area (Å²) in [5.41, 5.74) is 1.07. The lowest BCUT2D eigenvalue weighted by molar-refractivity contribution is 0.0681. The van der Waals surface area contributed by atoms with Gasteiger partial charge in [0, 0.05) is 6.07 Å². The van der Waals surface area contributed by atoms with Crippen LogP contribution in [0.5, 0.6) is 11.5 Å². The quantitative estimate of drug-likeness (QED) is 0.766. The maximum Gasteiger partial charge on any atom is 0.339 e. The van der Waals surface area contributed by atoms with Crippen molar-refractivity contribution in [3.8, 4) is 11.5 Å². The molecule has 2 aromatic rings. The first-order valence-corrected chi connectivity index (χ1v) is 6.47. The summed E-state index contributed by atoms with van der Waals surface area (Å²) in [5.74, 6) is -1.01. The van der Waals surface area contributed by atoms with Crippen LogP contribution < -0.4 is 4.74 Å². The van der Waals surface area contributed by atoms with Crippen LogP contribution in [0.2, 0.25) is 0 Å². The van der Waals surface area contributed by atoms with Crippen molar-refractivity contribution >= 4 is 5.97 Å². The molecule has 5 heteroatoms. The average Bonchev–Trinajstić information content (AvgIpc) is 2.48. The first-order valence-electron chi connectivity index (χ1n) is 6.47. The van der Waals surface area contributed by atoms with Crippen molar-refractivity contribution in [2.24, 2.45) is 0 Å². The number of phenolic OH excluding ortho intramolecular Hbond substituents is 1. The van der Waals surface area contributed by atoms with Gasteiger partial charge >= 0.3 is 5.97 Å². The van der Waals surface area contributed by atoms with Crippen LogP contribution in [-0.4, -0.2) is 29.4 Å². The molecule has 0 radical (unpaired) electrons. The summed E-state index contributed by atoms with van der Waals surface area (Å²) >= 11 is 0. The third kappa shape index (κ3) is 4.50. The summed E-state index contributed by atoms with van der Waals surface area (Å²) < 4.78 is 10.8. The third-order valence-corrected chi connectivity index (χ3v) is 2.79. The molecule has 0 fully saturated rings. The Morgan fingerprint density at radius 1 is 1.05 bits per heavy atom. The molecule has 2 N–H and O–H groups in total. The highest BCUT2D eigenvalue weighted by Gasteiger charge is 2.11. The number of benzene rings is 2. The van der Waals surface area contributed by atoms with E-state index in [1.807, 2.05) is 30.3 Å². The number of phenols is 1. The summed E-state index contributed by atoms with van der Waals surface area (Å²) in [6.07, 6.45) is 0. The molecule has 0 bridgehead atoms. The Labute approximate surface area is 122 Å². The number of aromatic carboxylic acids is 1. The topological polar surface area (TPSA) is 76.0 Å². The normalized spacial score (nSPS) is 10.3. The molecule has 0 saturated carbocycles. The van der Waals surface area contributed by atoms with Gasteiger partial charge in [-0.1, -0.05) is 30.3 Å². The number of rotatable bonds is 7. The summed E-state index contributed by atoms with van der Waals surface area (Å²) in [4.78, 5) is 11.0. The fourth-order valence-electron chi connectivity index (χ4n) is 1.78. The Kier molecular flexibility index (Phi) is 5.17. The van der Waals surface area contributed by atoms with E-state index in [4.69, 9.17) is 14.6 Å². The average molecular weight is 288 g/mol. The van der Waals surface area contributed by atoms with Gasteiger partial charge < -0.3 is 19.7 Å². The lowest BCUT2D eigenvalue weighted by atomic mass is 10.2. The molecule has 0 aromatic heterocycles. The molecular formula is C16H16O5. The van der Waals surface area contributed by atoms with Crippen molar-refractivity contribution in [2.45, 2.75) is 6.61 Å². The van der Waals surface area contributed by atoms with Crippen molar-refractivity contribution in [2.75, 3.05) is 13.2 Å². The van der Waals surface area contributed by atoms with Gasteiger partial charge in [-0.25, -0.2) is 4.79 Å². The minimum Gasteiger partial charge on any atom is -0.508 e. The minimum atomic E-state index is -1.10. The largest absolute Gasteiger partial charge is 0.508 e. The highest BCUT2D eigenvalue weighted by molar-refractivity contribution is 5.91. The maximum atomic E-state index is 11.0. The Hall–Kier alpha value is -2.53. The van der Waals surface area contributed by atoms with Gasteiger partial charge in [0.1, 0.15) is 23.7 Å². The van der Waals surface area contributed by atoms with E-state index in [-0.39, 0.29) is 23.7 Å². The molecule has 2 aromatic carbocycles. The highest BCUT2D eigenvalue weighted by atomic mass is 16.5. The van der Waals surface area contributed by atoms with Crippen LogP contribution in [0.3, 0.4) is 0 Å². The summed E-state index contributed by atoms with van der Waals surface area (Å²) in [6, 6.07) is 13.6. The highest BCUT2D eigenvalue weighted by Crippen LogP contribution is 2.24. The molecule has 5 nitrogen and oxygen atoms in total. The lowest BCUT2D eigenvalue weighted by Crippen LogP contribution is -2.09. The van der Waals surface area contributed by atoms with Crippen LogP contribution in [0, 0.1) is 0 Å². The zero-order chi connectivity index (χ0) is 15.1. The third-order valence-electron chi connectivity index (χ3n) is 2.79. The van der Waals surface area contributed by atoms with Crippen molar-refractivity contribution in [3.05, 3.63) is 59.7 Å². The molecule has 0 aliphatic heterocycles.